The van der Waals surface area contributed by atoms with Gasteiger partial charge in [0.15, 0.2) is 0 Å². The van der Waals surface area contributed by atoms with E-state index in [0.717, 1.165) is 23.8 Å². The first kappa shape index (κ1) is 13.8. The molecular weight excluding hydrogens is 192 g/mol. The average Bonchev–Trinajstić information content (AvgIpc) is 2.22. The van der Waals surface area contributed by atoms with Crippen LogP contribution in [0.5, 0.6) is 0 Å². The Kier molecular flexibility index (Phi) is 9.27. The number of thioether (sulfide) groups is 1. The molecule has 0 bridgehead atoms. The minimum absolute atomic E-state index is 0.398. The third kappa shape index (κ3) is 7.25. The summed E-state index contributed by atoms with van der Waals surface area (Å²) in [5.74, 6) is 12.5. The molecule has 0 rings (SSSR count). The van der Waals surface area contributed by atoms with Crippen molar-refractivity contribution in [3.8, 4) is 11.8 Å². The standard InChI is InChI=1S/C11H22N2S/c1-4-6-7-8-11(13-12)9-14-10(3)5-2/h10-11,13H,5,7-9,12H2,1-3H3. The molecule has 0 saturated carbocycles. The van der Waals surface area contributed by atoms with Crippen LogP contribution in [-0.4, -0.2) is 17.0 Å². The molecule has 0 aliphatic carbocycles. The van der Waals surface area contributed by atoms with Gasteiger partial charge in [0.1, 0.15) is 0 Å². The quantitative estimate of drug-likeness (QED) is 0.387. The average molecular weight is 214 g/mol. The maximum Gasteiger partial charge on any atom is 0.0310 e. The highest BCUT2D eigenvalue weighted by Crippen LogP contribution is 2.15. The highest BCUT2D eigenvalue weighted by atomic mass is 32.2. The number of hydrogen-bond donors (Lipinski definition) is 2. The highest BCUT2D eigenvalue weighted by molar-refractivity contribution is 7.99. The van der Waals surface area contributed by atoms with Crippen molar-refractivity contribution in [1.82, 2.24) is 5.43 Å². The van der Waals surface area contributed by atoms with Gasteiger partial charge in [-0.2, -0.15) is 11.8 Å². The Bertz CT molecular complexity index is 183. The van der Waals surface area contributed by atoms with E-state index in [4.69, 9.17) is 5.84 Å². The van der Waals surface area contributed by atoms with Gasteiger partial charge in [-0.3, -0.25) is 11.3 Å². The predicted octanol–water partition coefficient (Wildman–Crippen LogP) is 2.15. The normalized spacial score (nSPS) is 14.3. The predicted molar refractivity (Wildman–Crippen MR) is 66.0 cm³/mol. The molecule has 0 aromatic rings. The Labute approximate surface area is 92.4 Å². The Balaban J connectivity index is 3.60. The minimum atomic E-state index is 0.398. The summed E-state index contributed by atoms with van der Waals surface area (Å²) >= 11 is 1.98. The fourth-order valence-electron chi connectivity index (χ4n) is 0.984. The van der Waals surface area contributed by atoms with E-state index >= 15 is 0 Å². The zero-order valence-electron chi connectivity index (χ0n) is 9.47. The number of hydrogen-bond acceptors (Lipinski definition) is 3. The van der Waals surface area contributed by atoms with E-state index in [1.165, 1.54) is 6.42 Å². The van der Waals surface area contributed by atoms with Crippen molar-refractivity contribution in [3.05, 3.63) is 0 Å². The lowest BCUT2D eigenvalue weighted by Gasteiger charge is -2.16. The summed E-state index contributed by atoms with van der Waals surface area (Å²) in [5, 5.41) is 0.725. The first-order chi connectivity index (χ1) is 6.74. The molecule has 0 radical (unpaired) electrons. The number of rotatable bonds is 7. The Morgan fingerprint density at radius 3 is 2.71 bits per heavy atom. The summed E-state index contributed by atoms with van der Waals surface area (Å²) in [7, 11) is 0. The van der Waals surface area contributed by atoms with Gasteiger partial charge >= 0.3 is 0 Å². The monoisotopic (exact) mass is 214 g/mol. The molecule has 0 aliphatic heterocycles. The third-order valence-electron chi connectivity index (χ3n) is 2.19. The summed E-state index contributed by atoms with van der Waals surface area (Å²) in [6, 6.07) is 0.398. The molecule has 2 unspecified atom stereocenters. The van der Waals surface area contributed by atoms with Crippen LogP contribution in [0.4, 0.5) is 0 Å². The van der Waals surface area contributed by atoms with Crippen molar-refractivity contribution >= 4 is 11.8 Å². The molecule has 0 heterocycles. The molecule has 3 N–H and O–H groups in total. The fraction of sp³-hybridized carbons (Fsp3) is 0.818. The SMILES string of the molecule is CC#CCCC(CSC(C)CC)NN. The summed E-state index contributed by atoms with van der Waals surface area (Å²) in [6.45, 7) is 6.34. The second-order valence-electron chi connectivity index (χ2n) is 3.38. The van der Waals surface area contributed by atoms with Crippen molar-refractivity contribution in [1.29, 1.82) is 0 Å². The van der Waals surface area contributed by atoms with Crippen LogP contribution in [0, 0.1) is 11.8 Å². The van der Waals surface area contributed by atoms with Gasteiger partial charge in [-0.1, -0.05) is 13.8 Å². The van der Waals surface area contributed by atoms with Crippen LogP contribution in [0.25, 0.3) is 0 Å². The molecule has 82 valence electrons. The van der Waals surface area contributed by atoms with Crippen molar-refractivity contribution in [2.75, 3.05) is 5.75 Å². The van der Waals surface area contributed by atoms with Gasteiger partial charge in [0.25, 0.3) is 0 Å². The molecule has 0 spiro atoms. The largest absolute Gasteiger partial charge is 0.271 e. The van der Waals surface area contributed by atoms with Crippen molar-refractivity contribution in [2.24, 2.45) is 5.84 Å². The molecule has 14 heavy (non-hydrogen) atoms. The van der Waals surface area contributed by atoms with E-state index < -0.39 is 0 Å². The third-order valence-corrected chi connectivity index (χ3v) is 3.68. The Hall–Kier alpha value is -0.170. The molecule has 0 aromatic heterocycles. The van der Waals surface area contributed by atoms with E-state index in [2.05, 4.69) is 31.1 Å². The molecule has 3 heteroatoms. The molecular formula is C11H22N2S. The Morgan fingerprint density at radius 1 is 1.50 bits per heavy atom. The van der Waals surface area contributed by atoms with Gasteiger partial charge in [0.05, 0.1) is 0 Å². The van der Waals surface area contributed by atoms with Gasteiger partial charge in [0.2, 0.25) is 0 Å². The zero-order chi connectivity index (χ0) is 10.8. The van der Waals surface area contributed by atoms with Crippen LogP contribution in [0.1, 0.15) is 40.0 Å². The van der Waals surface area contributed by atoms with E-state index in [1.807, 2.05) is 18.7 Å². The second kappa shape index (κ2) is 9.39. The lowest BCUT2D eigenvalue weighted by molar-refractivity contribution is 0.546. The van der Waals surface area contributed by atoms with E-state index in [0.29, 0.717) is 6.04 Å². The molecule has 2 nitrogen and oxygen atoms in total. The summed E-state index contributed by atoms with van der Waals surface area (Å²) in [5.41, 5.74) is 2.85. The van der Waals surface area contributed by atoms with Gasteiger partial charge in [0, 0.05) is 23.5 Å². The second-order valence-corrected chi connectivity index (χ2v) is 4.85. The van der Waals surface area contributed by atoms with Crippen molar-refractivity contribution in [2.45, 2.75) is 51.3 Å². The van der Waals surface area contributed by atoms with Crippen LogP contribution >= 0.6 is 11.8 Å². The van der Waals surface area contributed by atoms with Crippen molar-refractivity contribution < 1.29 is 0 Å². The van der Waals surface area contributed by atoms with Crippen LogP contribution in [0.15, 0.2) is 0 Å². The molecule has 0 saturated heterocycles. The first-order valence-corrected chi connectivity index (χ1v) is 6.26. The van der Waals surface area contributed by atoms with Crippen molar-refractivity contribution in [3.63, 3.8) is 0 Å². The van der Waals surface area contributed by atoms with Gasteiger partial charge in [-0.05, 0) is 19.8 Å². The topological polar surface area (TPSA) is 38.0 Å². The lowest BCUT2D eigenvalue weighted by Crippen LogP contribution is -2.37. The van der Waals surface area contributed by atoms with Crippen LogP contribution in [0.2, 0.25) is 0 Å². The van der Waals surface area contributed by atoms with Gasteiger partial charge in [-0.15, -0.1) is 11.8 Å². The first-order valence-electron chi connectivity index (χ1n) is 5.21. The molecule has 0 aliphatic rings. The van der Waals surface area contributed by atoms with Crippen LogP contribution in [-0.2, 0) is 0 Å². The summed E-state index contributed by atoms with van der Waals surface area (Å²) in [6.07, 6.45) is 3.20. The molecule has 0 fully saturated rings. The van der Waals surface area contributed by atoms with E-state index in [-0.39, 0.29) is 0 Å². The highest BCUT2D eigenvalue weighted by Gasteiger charge is 2.07. The molecule has 2 atom stereocenters. The van der Waals surface area contributed by atoms with Gasteiger partial charge in [-0.25, -0.2) is 0 Å². The summed E-state index contributed by atoms with van der Waals surface area (Å²) < 4.78 is 0. The van der Waals surface area contributed by atoms with Crippen LogP contribution < -0.4 is 11.3 Å². The van der Waals surface area contributed by atoms with E-state index in [1.54, 1.807) is 0 Å². The van der Waals surface area contributed by atoms with Crippen LogP contribution in [0.3, 0.4) is 0 Å². The summed E-state index contributed by atoms with van der Waals surface area (Å²) in [4.78, 5) is 0. The number of nitrogens with one attached hydrogen (secondary N) is 1. The minimum Gasteiger partial charge on any atom is -0.271 e. The number of nitrogens with two attached hydrogens (primary N) is 1. The fourth-order valence-corrected chi connectivity index (χ4v) is 2.04. The van der Waals surface area contributed by atoms with E-state index in [9.17, 15) is 0 Å². The number of hydrazine groups is 1. The zero-order valence-corrected chi connectivity index (χ0v) is 10.3. The maximum atomic E-state index is 5.47. The lowest BCUT2D eigenvalue weighted by atomic mass is 10.2. The Morgan fingerprint density at radius 2 is 2.21 bits per heavy atom. The van der Waals surface area contributed by atoms with Gasteiger partial charge < -0.3 is 0 Å². The maximum absolute atomic E-state index is 5.47. The smallest absolute Gasteiger partial charge is 0.0310 e. The molecule has 0 aromatic carbocycles. The molecule has 0 amide bonds.